The molecule has 0 fully saturated rings. The minimum atomic E-state index is -3.61. The number of phenols is 1. The summed E-state index contributed by atoms with van der Waals surface area (Å²) in [6, 6.07) is 6.45. The molecule has 2 aromatic rings. The number of rotatable bonds is 4. The second-order valence-electron chi connectivity index (χ2n) is 3.86. The molecular formula is C11H11ClN2O3S2. The van der Waals surface area contributed by atoms with Crippen molar-refractivity contribution in [2.24, 2.45) is 0 Å². The molecule has 0 bridgehead atoms. The van der Waals surface area contributed by atoms with Crippen molar-refractivity contribution < 1.29 is 13.5 Å². The summed E-state index contributed by atoms with van der Waals surface area (Å²) < 4.78 is 25.9. The third-order valence-electron chi connectivity index (χ3n) is 2.44. The van der Waals surface area contributed by atoms with Crippen LogP contribution in [0.5, 0.6) is 5.75 Å². The molecule has 102 valence electrons. The Bertz CT molecular complexity index is 685. The molecule has 1 aromatic heterocycles. The van der Waals surface area contributed by atoms with Crippen molar-refractivity contribution in [1.82, 2.24) is 9.29 Å². The van der Waals surface area contributed by atoms with Gasteiger partial charge in [0.25, 0.3) is 10.0 Å². The van der Waals surface area contributed by atoms with Gasteiger partial charge in [0, 0.05) is 13.6 Å². The number of aromatic nitrogens is 1. The zero-order valence-corrected chi connectivity index (χ0v) is 12.3. The second-order valence-corrected chi connectivity index (χ2v) is 7.75. The number of halogens is 1. The summed E-state index contributed by atoms with van der Waals surface area (Å²) in [5.41, 5.74) is 0.696. The maximum absolute atomic E-state index is 12.2. The summed E-state index contributed by atoms with van der Waals surface area (Å²) in [7, 11) is -2.14. The van der Waals surface area contributed by atoms with Gasteiger partial charge in [0.2, 0.25) is 0 Å². The van der Waals surface area contributed by atoms with Crippen LogP contribution in [0.4, 0.5) is 0 Å². The van der Waals surface area contributed by atoms with Crippen LogP contribution in [0.3, 0.4) is 0 Å². The summed E-state index contributed by atoms with van der Waals surface area (Å²) in [5.74, 6) is 0.101. The monoisotopic (exact) mass is 318 g/mol. The smallest absolute Gasteiger partial charge is 0.254 e. The average molecular weight is 319 g/mol. The highest BCUT2D eigenvalue weighted by Crippen LogP contribution is 2.26. The van der Waals surface area contributed by atoms with Crippen LogP contribution < -0.4 is 0 Å². The van der Waals surface area contributed by atoms with E-state index in [1.54, 1.807) is 12.1 Å². The molecule has 2 rings (SSSR count). The van der Waals surface area contributed by atoms with E-state index in [9.17, 15) is 13.5 Å². The fourth-order valence-electron chi connectivity index (χ4n) is 1.51. The molecule has 0 saturated heterocycles. The van der Waals surface area contributed by atoms with E-state index in [1.165, 1.54) is 29.7 Å². The predicted molar refractivity (Wildman–Crippen MR) is 73.9 cm³/mol. The molecule has 0 unspecified atom stereocenters. The number of hydrogen-bond acceptors (Lipinski definition) is 5. The van der Waals surface area contributed by atoms with Crippen LogP contribution in [0.25, 0.3) is 0 Å². The number of thiazole rings is 1. The van der Waals surface area contributed by atoms with E-state index in [0.717, 1.165) is 11.3 Å². The molecule has 0 radical (unpaired) electrons. The third-order valence-corrected chi connectivity index (χ3v) is 5.79. The molecule has 0 aliphatic carbocycles. The minimum absolute atomic E-state index is 0.0974. The Morgan fingerprint density at radius 1 is 1.47 bits per heavy atom. The van der Waals surface area contributed by atoms with E-state index in [2.05, 4.69) is 4.98 Å². The van der Waals surface area contributed by atoms with Crippen LogP contribution in [0.15, 0.2) is 34.7 Å². The van der Waals surface area contributed by atoms with Gasteiger partial charge in [-0.15, -0.1) is 0 Å². The van der Waals surface area contributed by atoms with Crippen molar-refractivity contribution >= 4 is 33.0 Å². The Morgan fingerprint density at radius 2 is 2.21 bits per heavy atom. The normalized spacial score (nSPS) is 11.9. The van der Waals surface area contributed by atoms with Gasteiger partial charge >= 0.3 is 0 Å². The SMILES string of the molecule is CN(Cc1cccc(O)c1)S(=O)(=O)c1cnc(Cl)s1. The lowest BCUT2D eigenvalue weighted by atomic mass is 10.2. The van der Waals surface area contributed by atoms with Crippen molar-refractivity contribution in [2.45, 2.75) is 10.8 Å². The Morgan fingerprint density at radius 3 is 2.79 bits per heavy atom. The Hall–Kier alpha value is -1.15. The molecule has 19 heavy (non-hydrogen) atoms. The van der Waals surface area contributed by atoms with E-state index in [1.807, 2.05) is 0 Å². The number of hydrogen-bond donors (Lipinski definition) is 1. The molecule has 1 heterocycles. The molecule has 0 atom stereocenters. The van der Waals surface area contributed by atoms with Crippen molar-refractivity contribution in [3.05, 3.63) is 40.5 Å². The number of sulfonamides is 1. The van der Waals surface area contributed by atoms with Crippen molar-refractivity contribution in [3.8, 4) is 5.75 Å². The fraction of sp³-hybridized carbons (Fsp3) is 0.182. The molecule has 0 spiro atoms. The van der Waals surface area contributed by atoms with Crippen LogP contribution in [0, 0.1) is 0 Å². The topological polar surface area (TPSA) is 70.5 Å². The van der Waals surface area contributed by atoms with Gasteiger partial charge in [-0.05, 0) is 17.7 Å². The largest absolute Gasteiger partial charge is 0.508 e. The van der Waals surface area contributed by atoms with Crippen LogP contribution in [0.1, 0.15) is 5.56 Å². The zero-order valence-electron chi connectivity index (χ0n) is 9.95. The predicted octanol–water partition coefficient (Wildman–Crippen LogP) is 2.32. The molecule has 1 N–H and O–H groups in total. The highest BCUT2D eigenvalue weighted by Gasteiger charge is 2.23. The average Bonchev–Trinajstić information content (AvgIpc) is 2.76. The lowest BCUT2D eigenvalue weighted by molar-refractivity contribution is 0.459. The summed E-state index contributed by atoms with van der Waals surface area (Å²) in [5, 5.41) is 9.36. The number of nitrogens with zero attached hydrogens (tertiary/aromatic N) is 2. The lowest BCUT2D eigenvalue weighted by Crippen LogP contribution is -2.25. The maximum Gasteiger partial charge on any atom is 0.254 e. The van der Waals surface area contributed by atoms with Crippen molar-refractivity contribution in [2.75, 3.05) is 7.05 Å². The lowest BCUT2D eigenvalue weighted by Gasteiger charge is -2.15. The zero-order chi connectivity index (χ0) is 14.0. The van der Waals surface area contributed by atoms with E-state index in [0.29, 0.717) is 5.56 Å². The highest BCUT2D eigenvalue weighted by atomic mass is 35.5. The summed E-state index contributed by atoms with van der Waals surface area (Å²) in [6.07, 6.45) is 1.24. The van der Waals surface area contributed by atoms with Crippen LogP contribution >= 0.6 is 22.9 Å². The van der Waals surface area contributed by atoms with Crippen molar-refractivity contribution in [1.29, 1.82) is 0 Å². The number of aromatic hydroxyl groups is 1. The van der Waals surface area contributed by atoms with Crippen molar-refractivity contribution in [3.63, 3.8) is 0 Å². The Labute approximate surface area is 120 Å². The number of benzene rings is 1. The first-order chi connectivity index (χ1) is 8.89. The molecule has 8 heteroatoms. The number of phenolic OH excluding ortho intramolecular Hbond substituents is 1. The molecule has 5 nitrogen and oxygen atoms in total. The van der Waals surface area contributed by atoms with E-state index in [-0.39, 0.29) is 21.0 Å². The molecule has 0 aliphatic heterocycles. The van der Waals surface area contributed by atoms with Gasteiger partial charge < -0.3 is 5.11 Å². The highest BCUT2D eigenvalue weighted by molar-refractivity contribution is 7.91. The first-order valence-electron chi connectivity index (χ1n) is 5.25. The van der Waals surface area contributed by atoms with E-state index >= 15 is 0 Å². The second kappa shape index (κ2) is 5.46. The van der Waals surface area contributed by atoms with E-state index in [4.69, 9.17) is 11.6 Å². The quantitative estimate of drug-likeness (QED) is 0.939. The molecule has 1 aromatic carbocycles. The van der Waals surface area contributed by atoms with Gasteiger partial charge in [0.15, 0.2) is 8.68 Å². The van der Waals surface area contributed by atoms with Gasteiger partial charge in [-0.3, -0.25) is 0 Å². The molecule has 0 aliphatic rings. The Balaban J connectivity index is 2.22. The van der Waals surface area contributed by atoms with Gasteiger partial charge in [-0.25, -0.2) is 13.4 Å². The van der Waals surface area contributed by atoms with Gasteiger partial charge in [0.05, 0.1) is 6.20 Å². The van der Waals surface area contributed by atoms with E-state index < -0.39 is 10.0 Å². The maximum atomic E-state index is 12.2. The van der Waals surface area contributed by atoms with Crippen LogP contribution in [-0.4, -0.2) is 29.9 Å². The Kier molecular flexibility index (Phi) is 4.10. The molecular weight excluding hydrogens is 308 g/mol. The summed E-state index contributed by atoms with van der Waals surface area (Å²) in [4.78, 5) is 3.72. The van der Waals surface area contributed by atoms with Crippen LogP contribution in [-0.2, 0) is 16.6 Å². The molecule has 0 amide bonds. The molecule has 0 saturated carbocycles. The first-order valence-corrected chi connectivity index (χ1v) is 7.88. The van der Waals surface area contributed by atoms with Gasteiger partial charge in [-0.1, -0.05) is 35.1 Å². The first kappa shape index (κ1) is 14.3. The van der Waals surface area contributed by atoms with Crippen LogP contribution in [0.2, 0.25) is 4.47 Å². The third kappa shape index (κ3) is 3.24. The standard InChI is InChI=1S/C11H11ClN2O3S2/c1-14(7-8-3-2-4-9(15)5-8)19(16,17)10-6-13-11(12)18-10/h2-6,15H,7H2,1H3. The fourth-order valence-corrected chi connectivity index (χ4v) is 4.17. The summed E-state index contributed by atoms with van der Waals surface area (Å²) >= 11 is 6.56. The van der Waals surface area contributed by atoms with Gasteiger partial charge in [-0.2, -0.15) is 4.31 Å². The minimum Gasteiger partial charge on any atom is -0.508 e. The van der Waals surface area contributed by atoms with Gasteiger partial charge in [0.1, 0.15) is 5.75 Å². The summed E-state index contributed by atoms with van der Waals surface area (Å²) in [6.45, 7) is 0.159.